The van der Waals surface area contributed by atoms with Crippen LogP contribution in [0, 0.1) is 17.8 Å². The molecule has 1 N–H and O–H groups in total. The summed E-state index contributed by atoms with van der Waals surface area (Å²) in [5, 5.41) is 11.2. The summed E-state index contributed by atoms with van der Waals surface area (Å²) in [7, 11) is 0. The summed E-state index contributed by atoms with van der Waals surface area (Å²) in [5.74, 6) is 2.51. The summed E-state index contributed by atoms with van der Waals surface area (Å²) < 4.78 is 0. The maximum atomic E-state index is 8.17. The van der Waals surface area contributed by atoms with Crippen molar-refractivity contribution in [3.63, 3.8) is 0 Å². The molecule has 0 aliphatic heterocycles. The third-order valence-corrected chi connectivity index (χ3v) is 2.38. The molecule has 2 nitrogen and oxygen atoms in total. The van der Waals surface area contributed by atoms with Crippen LogP contribution in [-0.2, 0) is 0 Å². The van der Waals surface area contributed by atoms with Crippen LogP contribution in [0.25, 0.3) is 0 Å². The Labute approximate surface area is 54.6 Å². The van der Waals surface area contributed by atoms with Gasteiger partial charge in [-0.15, -0.1) is 5.16 Å². The van der Waals surface area contributed by atoms with Crippen molar-refractivity contribution in [2.24, 2.45) is 22.9 Å². The van der Waals surface area contributed by atoms with Crippen LogP contribution in [0.5, 0.6) is 0 Å². The molecule has 2 heteroatoms. The smallest absolute Gasteiger partial charge is 0.0469 e. The first-order valence-electron chi connectivity index (χ1n) is 3.59. The van der Waals surface area contributed by atoms with E-state index in [1.54, 1.807) is 6.21 Å². The molecule has 2 atom stereocenters. The third-order valence-electron chi connectivity index (χ3n) is 2.38. The summed E-state index contributed by atoms with van der Waals surface area (Å²) in [6, 6.07) is 0. The van der Waals surface area contributed by atoms with E-state index in [1.165, 1.54) is 19.3 Å². The van der Waals surface area contributed by atoms with E-state index in [2.05, 4.69) is 5.16 Å². The normalized spacial score (nSPS) is 41.8. The Kier molecular flexibility index (Phi) is 1.01. The maximum absolute atomic E-state index is 8.17. The molecule has 0 aromatic heterocycles. The zero-order valence-corrected chi connectivity index (χ0v) is 5.33. The van der Waals surface area contributed by atoms with E-state index in [1.807, 2.05) is 0 Å². The summed E-state index contributed by atoms with van der Waals surface area (Å²) in [4.78, 5) is 0. The van der Waals surface area contributed by atoms with E-state index >= 15 is 0 Å². The fourth-order valence-electron chi connectivity index (χ4n) is 1.56. The van der Waals surface area contributed by atoms with E-state index in [4.69, 9.17) is 5.21 Å². The summed E-state index contributed by atoms with van der Waals surface area (Å²) >= 11 is 0. The number of oxime groups is 1. The van der Waals surface area contributed by atoms with Crippen LogP contribution >= 0.6 is 0 Å². The zero-order chi connectivity index (χ0) is 6.27. The minimum absolute atomic E-state index is 0.627. The predicted octanol–water partition coefficient (Wildman–Crippen LogP) is 1.49. The lowest BCUT2D eigenvalue weighted by Crippen LogP contribution is -1.84. The van der Waals surface area contributed by atoms with Crippen molar-refractivity contribution in [3.05, 3.63) is 0 Å². The molecule has 2 fully saturated rings. The molecule has 0 aromatic carbocycles. The molecule has 9 heavy (non-hydrogen) atoms. The predicted molar refractivity (Wildman–Crippen MR) is 34.6 cm³/mol. The lowest BCUT2D eigenvalue weighted by Gasteiger charge is -1.84. The molecular weight excluding hydrogens is 114 g/mol. The molecule has 2 saturated carbocycles. The van der Waals surface area contributed by atoms with E-state index < -0.39 is 0 Å². The number of hydrogen-bond acceptors (Lipinski definition) is 2. The van der Waals surface area contributed by atoms with Crippen molar-refractivity contribution in [3.8, 4) is 0 Å². The van der Waals surface area contributed by atoms with Gasteiger partial charge in [0.1, 0.15) is 0 Å². The van der Waals surface area contributed by atoms with Gasteiger partial charge in [-0.2, -0.15) is 0 Å². The number of rotatable bonds is 2. The topological polar surface area (TPSA) is 32.6 Å². The molecule has 2 rings (SSSR count). The van der Waals surface area contributed by atoms with Gasteiger partial charge in [0.2, 0.25) is 0 Å². The average Bonchev–Trinajstić information content (AvgIpc) is 2.58. The fraction of sp³-hybridized carbons (Fsp3) is 0.857. The van der Waals surface area contributed by atoms with Crippen LogP contribution in [0.3, 0.4) is 0 Å². The minimum atomic E-state index is 0.627. The molecule has 2 aliphatic rings. The molecule has 2 aliphatic carbocycles. The van der Waals surface area contributed by atoms with Gasteiger partial charge in [0.15, 0.2) is 0 Å². The average molecular weight is 125 g/mol. The van der Waals surface area contributed by atoms with Gasteiger partial charge in [0.25, 0.3) is 0 Å². The number of hydrogen-bond donors (Lipinski definition) is 1. The SMILES string of the molecule is O/N=C/C1CC1C1CC1. The van der Waals surface area contributed by atoms with Gasteiger partial charge >= 0.3 is 0 Å². The quantitative estimate of drug-likeness (QED) is 0.338. The van der Waals surface area contributed by atoms with Crippen molar-refractivity contribution in [1.29, 1.82) is 0 Å². The van der Waals surface area contributed by atoms with E-state index in [9.17, 15) is 0 Å². The molecule has 0 saturated heterocycles. The lowest BCUT2D eigenvalue weighted by molar-refractivity contribution is 0.319. The van der Waals surface area contributed by atoms with Crippen molar-refractivity contribution < 1.29 is 5.21 Å². The lowest BCUT2D eigenvalue weighted by atomic mass is 10.2. The van der Waals surface area contributed by atoms with E-state index in [0.29, 0.717) is 5.92 Å². The molecule has 0 amide bonds. The van der Waals surface area contributed by atoms with Crippen LogP contribution < -0.4 is 0 Å². The Morgan fingerprint density at radius 3 is 2.78 bits per heavy atom. The molecule has 50 valence electrons. The Balaban J connectivity index is 1.81. The molecule has 2 unspecified atom stereocenters. The molecular formula is C7H11NO. The molecule has 0 heterocycles. The first-order valence-corrected chi connectivity index (χ1v) is 3.59. The summed E-state index contributed by atoms with van der Waals surface area (Å²) in [6.07, 6.45) is 5.79. The van der Waals surface area contributed by atoms with Crippen molar-refractivity contribution in [2.45, 2.75) is 19.3 Å². The first kappa shape index (κ1) is 5.27. The van der Waals surface area contributed by atoms with Crippen LogP contribution in [0.15, 0.2) is 5.16 Å². The van der Waals surface area contributed by atoms with E-state index in [-0.39, 0.29) is 0 Å². The second kappa shape index (κ2) is 1.72. The Morgan fingerprint density at radius 1 is 1.44 bits per heavy atom. The highest BCUT2D eigenvalue weighted by molar-refractivity contribution is 5.64. The van der Waals surface area contributed by atoms with Crippen LogP contribution in [0.4, 0.5) is 0 Å². The van der Waals surface area contributed by atoms with Gasteiger partial charge in [-0.3, -0.25) is 0 Å². The van der Waals surface area contributed by atoms with Crippen molar-refractivity contribution in [1.82, 2.24) is 0 Å². The van der Waals surface area contributed by atoms with Crippen molar-refractivity contribution >= 4 is 6.21 Å². The third kappa shape index (κ3) is 0.934. The monoisotopic (exact) mass is 125 g/mol. The zero-order valence-electron chi connectivity index (χ0n) is 5.33. The van der Waals surface area contributed by atoms with Crippen LogP contribution in [-0.4, -0.2) is 11.4 Å². The number of nitrogens with zero attached hydrogens (tertiary/aromatic N) is 1. The second-order valence-corrected chi connectivity index (χ2v) is 3.17. The Hall–Kier alpha value is -0.530. The van der Waals surface area contributed by atoms with Crippen molar-refractivity contribution in [2.75, 3.05) is 0 Å². The largest absolute Gasteiger partial charge is 0.411 e. The highest BCUT2D eigenvalue weighted by atomic mass is 16.4. The molecule has 0 spiro atoms. The van der Waals surface area contributed by atoms with Gasteiger partial charge in [-0.25, -0.2) is 0 Å². The van der Waals surface area contributed by atoms with Crippen LogP contribution in [0.2, 0.25) is 0 Å². The molecule has 0 aromatic rings. The summed E-state index contributed by atoms with van der Waals surface area (Å²) in [6.45, 7) is 0. The first-order chi connectivity index (χ1) is 4.42. The van der Waals surface area contributed by atoms with Crippen LogP contribution in [0.1, 0.15) is 19.3 Å². The molecule has 0 bridgehead atoms. The van der Waals surface area contributed by atoms with E-state index in [0.717, 1.165) is 11.8 Å². The van der Waals surface area contributed by atoms with Gasteiger partial charge in [-0.1, -0.05) is 0 Å². The highest BCUT2D eigenvalue weighted by Crippen LogP contribution is 2.53. The van der Waals surface area contributed by atoms with Gasteiger partial charge < -0.3 is 5.21 Å². The second-order valence-electron chi connectivity index (χ2n) is 3.17. The Morgan fingerprint density at radius 2 is 2.22 bits per heavy atom. The Bertz CT molecular complexity index is 140. The summed E-state index contributed by atoms with van der Waals surface area (Å²) in [5.41, 5.74) is 0. The maximum Gasteiger partial charge on any atom is 0.0469 e. The highest BCUT2D eigenvalue weighted by Gasteiger charge is 2.46. The molecule has 0 radical (unpaired) electrons. The van der Waals surface area contributed by atoms with Gasteiger partial charge in [-0.05, 0) is 31.1 Å². The van der Waals surface area contributed by atoms with Gasteiger partial charge in [0.05, 0.1) is 0 Å². The minimum Gasteiger partial charge on any atom is -0.411 e. The van der Waals surface area contributed by atoms with Gasteiger partial charge in [0, 0.05) is 12.1 Å². The fourth-order valence-corrected chi connectivity index (χ4v) is 1.56. The standard InChI is InChI=1S/C7H11NO/c9-8-4-6-3-7(6)5-1-2-5/h4-7,9H,1-3H2/b8-4+.